The molecule has 1 atom stereocenters. The second-order valence-electron chi connectivity index (χ2n) is 6.11. The third-order valence-corrected chi connectivity index (χ3v) is 3.79. The molecule has 0 aromatic heterocycles. The quantitative estimate of drug-likeness (QED) is 0.570. The molecule has 30 heavy (non-hydrogen) atoms. The molecule has 0 fully saturated rings. The number of benzene rings is 2. The number of ether oxygens (including phenoxy) is 1. The van der Waals surface area contributed by atoms with E-state index in [2.05, 4.69) is 20.7 Å². The second-order valence-corrected chi connectivity index (χ2v) is 6.11. The summed E-state index contributed by atoms with van der Waals surface area (Å²) in [7, 11) is 0. The minimum Gasteiger partial charge on any atom is -0.406 e. The third-order valence-electron chi connectivity index (χ3n) is 3.79. The monoisotopic (exact) mass is 420 g/mol. The zero-order chi connectivity index (χ0) is 22.0. The van der Waals surface area contributed by atoms with Gasteiger partial charge in [0.05, 0.1) is 12.5 Å². The van der Waals surface area contributed by atoms with Crippen molar-refractivity contribution in [2.24, 2.45) is 0 Å². The van der Waals surface area contributed by atoms with Gasteiger partial charge in [-0.1, -0.05) is 30.3 Å². The van der Waals surface area contributed by atoms with Crippen LogP contribution in [0.2, 0.25) is 0 Å². The van der Waals surface area contributed by atoms with Crippen molar-refractivity contribution in [3.8, 4) is 11.8 Å². The summed E-state index contributed by atoms with van der Waals surface area (Å²) < 4.78 is 40.4. The van der Waals surface area contributed by atoms with Gasteiger partial charge in [0.1, 0.15) is 11.8 Å². The number of carbonyl (C=O) groups is 2. The molecule has 0 saturated carbocycles. The molecule has 0 aliphatic heterocycles. The number of anilines is 1. The first-order valence-electron chi connectivity index (χ1n) is 8.89. The van der Waals surface area contributed by atoms with Crippen molar-refractivity contribution in [1.29, 1.82) is 5.26 Å². The fraction of sp³-hybridized carbons (Fsp3) is 0.250. The Balaban J connectivity index is 2.00. The van der Waals surface area contributed by atoms with Gasteiger partial charge in [-0.2, -0.15) is 5.26 Å². The van der Waals surface area contributed by atoms with Crippen LogP contribution in [0.25, 0.3) is 0 Å². The van der Waals surface area contributed by atoms with E-state index in [0.29, 0.717) is 0 Å². The molecule has 0 spiro atoms. The van der Waals surface area contributed by atoms with Gasteiger partial charge in [0.25, 0.3) is 0 Å². The van der Waals surface area contributed by atoms with Crippen molar-refractivity contribution in [1.82, 2.24) is 10.6 Å². The van der Waals surface area contributed by atoms with E-state index in [1.165, 1.54) is 12.1 Å². The summed E-state index contributed by atoms with van der Waals surface area (Å²) in [5.41, 5.74) is 1.03. The highest BCUT2D eigenvalue weighted by molar-refractivity contribution is 5.93. The number of hydrogen-bond acceptors (Lipinski definition) is 4. The van der Waals surface area contributed by atoms with E-state index < -0.39 is 30.1 Å². The minimum absolute atomic E-state index is 0.127. The van der Waals surface area contributed by atoms with Gasteiger partial charge in [0, 0.05) is 18.7 Å². The van der Waals surface area contributed by atoms with Crippen LogP contribution in [-0.2, 0) is 11.2 Å². The fourth-order valence-corrected chi connectivity index (χ4v) is 2.49. The molecule has 0 radical (unpaired) electrons. The summed E-state index contributed by atoms with van der Waals surface area (Å²) >= 11 is 0. The summed E-state index contributed by atoms with van der Waals surface area (Å²) in [4.78, 5) is 24.7. The molecule has 0 aliphatic rings. The Labute approximate surface area is 170 Å². The largest absolute Gasteiger partial charge is 0.573 e. The summed E-state index contributed by atoms with van der Waals surface area (Å²) in [5, 5.41) is 16.2. The minimum atomic E-state index is -4.81. The Morgan fingerprint density at radius 2 is 1.73 bits per heavy atom. The summed E-state index contributed by atoms with van der Waals surface area (Å²) in [6, 6.07) is 13.9. The summed E-state index contributed by atoms with van der Waals surface area (Å²) in [5.74, 6) is -0.884. The molecule has 0 bridgehead atoms. The lowest BCUT2D eigenvalue weighted by Crippen LogP contribution is -2.49. The van der Waals surface area contributed by atoms with Crippen LogP contribution >= 0.6 is 0 Å². The Bertz CT molecular complexity index is 881. The molecule has 0 heterocycles. The Morgan fingerprint density at radius 1 is 1.07 bits per heavy atom. The molecule has 10 heteroatoms. The lowest BCUT2D eigenvalue weighted by Gasteiger charge is -2.19. The molecule has 2 aromatic rings. The van der Waals surface area contributed by atoms with E-state index in [9.17, 15) is 22.8 Å². The van der Waals surface area contributed by atoms with Crippen molar-refractivity contribution in [2.45, 2.75) is 25.2 Å². The predicted octanol–water partition coefficient (Wildman–Crippen LogP) is 3.35. The normalized spacial score (nSPS) is 11.7. The number of amides is 3. The van der Waals surface area contributed by atoms with Crippen LogP contribution in [0.15, 0.2) is 54.6 Å². The zero-order valence-electron chi connectivity index (χ0n) is 15.7. The molecular formula is C20H19F3N4O3. The average molecular weight is 420 g/mol. The maximum Gasteiger partial charge on any atom is 0.573 e. The molecule has 7 nitrogen and oxygen atoms in total. The van der Waals surface area contributed by atoms with Gasteiger partial charge >= 0.3 is 12.4 Å². The van der Waals surface area contributed by atoms with Gasteiger partial charge in [-0.3, -0.25) is 4.79 Å². The summed E-state index contributed by atoms with van der Waals surface area (Å²) in [6.45, 7) is 0.143. The highest BCUT2D eigenvalue weighted by atomic mass is 19.4. The Kier molecular flexibility index (Phi) is 8.05. The van der Waals surface area contributed by atoms with Gasteiger partial charge < -0.3 is 20.7 Å². The summed E-state index contributed by atoms with van der Waals surface area (Å²) in [6.07, 6.45) is -4.47. The number of carbonyl (C=O) groups excluding carboxylic acids is 2. The first kappa shape index (κ1) is 22.5. The van der Waals surface area contributed by atoms with Gasteiger partial charge in [-0.25, -0.2) is 4.79 Å². The third kappa shape index (κ3) is 8.10. The SMILES string of the molecule is N#CCCNC(=O)C(Cc1ccccc1)NC(=O)Nc1ccc(OC(F)(F)F)cc1. The topological polar surface area (TPSA) is 103 Å². The van der Waals surface area contributed by atoms with E-state index >= 15 is 0 Å². The van der Waals surface area contributed by atoms with Crippen molar-refractivity contribution < 1.29 is 27.5 Å². The van der Waals surface area contributed by atoms with Gasteiger partial charge in [-0.05, 0) is 29.8 Å². The Hall–Kier alpha value is -3.74. The molecule has 2 aromatic carbocycles. The first-order valence-corrected chi connectivity index (χ1v) is 8.89. The van der Waals surface area contributed by atoms with Crippen LogP contribution in [0.4, 0.5) is 23.7 Å². The highest BCUT2D eigenvalue weighted by Gasteiger charge is 2.31. The molecule has 2 rings (SSSR count). The van der Waals surface area contributed by atoms with E-state index in [4.69, 9.17) is 5.26 Å². The number of nitrogens with one attached hydrogen (secondary N) is 3. The molecular weight excluding hydrogens is 401 g/mol. The van der Waals surface area contributed by atoms with E-state index in [0.717, 1.165) is 17.7 Å². The average Bonchev–Trinajstić information content (AvgIpc) is 2.69. The van der Waals surface area contributed by atoms with Crippen LogP contribution in [0.3, 0.4) is 0 Å². The molecule has 0 saturated heterocycles. The lowest BCUT2D eigenvalue weighted by atomic mass is 10.1. The standard InChI is InChI=1S/C20H19F3N4O3/c21-20(22,23)30-16-9-7-15(8-10-16)26-19(29)27-17(18(28)25-12-4-11-24)13-14-5-2-1-3-6-14/h1-3,5-10,17H,4,12-13H2,(H,25,28)(H2,26,27,29). The van der Waals surface area contributed by atoms with Crippen LogP contribution in [0, 0.1) is 11.3 Å². The van der Waals surface area contributed by atoms with Gasteiger partial charge in [-0.15, -0.1) is 13.2 Å². The first-order chi connectivity index (χ1) is 14.3. The van der Waals surface area contributed by atoms with E-state index in [1.54, 1.807) is 24.3 Å². The van der Waals surface area contributed by atoms with Gasteiger partial charge in [0.2, 0.25) is 5.91 Å². The molecule has 3 N–H and O–H groups in total. The molecule has 158 valence electrons. The lowest BCUT2D eigenvalue weighted by molar-refractivity contribution is -0.274. The van der Waals surface area contributed by atoms with E-state index in [1.807, 2.05) is 12.1 Å². The maximum atomic E-state index is 12.4. The number of nitrogens with zero attached hydrogens (tertiary/aromatic N) is 1. The number of nitriles is 1. The Morgan fingerprint density at radius 3 is 2.33 bits per heavy atom. The van der Waals surface area contributed by atoms with Crippen molar-refractivity contribution in [3.05, 3.63) is 60.2 Å². The fourth-order valence-electron chi connectivity index (χ4n) is 2.49. The second kappa shape index (κ2) is 10.7. The zero-order valence-corrected chi connectivity index (χ0v) is 15.7. The predicted molar refractivity (Wildman–Crippen MR) is 102 cm³/mol. The number of alkyl halides is 3. The van der Waals surface area contributed by atoms with Crippen LogP contribution < -0.4 is 20.7 Å². The van der Waals surface area contributed by atoms with Crippen molar-refractivity contribution in [3.63, 3.8) is 0 Å². The van der Waals surface area contributed by atoms with E-state index in [-0.39, 0.29) is 25.1 Å². The molecule has 3 amide bonds. The van der Waals surface area contributed by atoms with Crippen molar-refractivity contribution >= 4 is 17.6 Å². The number of halogens is 3. The van der Waals surface area contributed by atoms with Gasteiger partial charge in [0.15, 0.2) is 0 Å². The number of hydrogen-bond donors (Lipinski definition) is 3. The van der Waals surface area contributed by atoms with Crippen LogP contribution in [0.5, 0.6) is 5.75 Å². The van der Waals surface area contributed by atoms with Crippen LogP contribution in [0.1, 0.15) is 12.0 Å². The number of urea groups is 1. The molecule has 1 unspecified atom stereocenters. The van der Waals surface area contributed by atoms with Crippen LogP contribution in [-0.4, -0.2) is 30.9 Å². The number of rotatable bonds is 8. The smallest absolute Gasteiger partial charge is 0.406 e. The molecule has 0 aliphatic carbocycles. The van der Waals surface area contributed by atoms with Crippen molar-refractivity contribution in [2.75, 3.05) is 11.9 Å². The maximum absolute atomic E-state index is 12.4. The highest BCUT2D eigenvalue weighted by Crippen LogP contribution is 2.23.